The van der Waals surface area contributed by atoms with Gasteiger partial charge in [0.15, 0.2) is 0 Å². The zero-order valence-electron chi connectivity index (χ0n) is 11.0. The molecule has 1 N–H and O–H groups in total. The van der Waals surface area contributed by atoms with Crippen LogP contribution >= 0.6 is 0 Å². The fraction of sp³-hybridized carbons (Fsp3) is 0.500. The normalized spacial score (nSPS) is 12.3. The van der Waals surface area contributed by atoms with Gasteiger partial charge in [-0.3, -0.25) is 0 Å². The van der Waals surface area contributed by atoms with E-state index in [0.29, 0.717) is 6.04 Å². The van der Waals surface area contributed by atoms with E-state index < -0.39 is 0 Å². The molecular formula is C16H25N. The van der Waals surface area contributed by atoms with Gasteiger partial charge < -0.3 is 5.32 Å². The maximum Gasteiger partial charge on any atom is 0.0102 e. The Hall–Kier alpha value is -1.08. The van der Waals surface area contributed by atoms with Crippen LogP contribution in [0.4, 0.5) is 0 Å². The average molecular weight is 231 g/mol. The molecule has 17 heavy (non-hydrogen) atoms. The zero-order chi connectivity index (χ0) is 12.3. The molecule has 1 unspecified atom stereocenters. The van der Waals surface area contributed by atoms with Crippen LogP contribution in [0.15, 0.2) is 43.0 Å². The maximum absolute atomic E-state index is 3.83. The van der Waals surface area contributed by atoms with Crippen molar-refractivity contribution in [3.8, 4) is 0 Å². The third-order valence-corrected chi connectivity index (χ3v) is 3.00. The lowest BCUT2D eigenvalue weighted by Gasteiger charge is -2.16. The van der Waals surface area contributed by atoms with E-state index >= 15 is 0 Å². The Morgan fingerprint density at radius 1 is 1.29 bits per heavy atom. The van der Waals surface area contributed by atoms with E-state index in [1.807, 2.05) is 6.08 Å². The molecule has 0 aliphatic heterocycles. The van der Waals surface area contributed by atoms with Gasteiger partial charge in [0.2, 0.25) is 0 Å². The molecule has 94 valence electrons. The summed E-state index contributed by atoms with van der Waals surface area (Å²) in [6.07, 6.45) is 7.97. The molecule has 0 bridgehead atoms. The monoisotopic (exact) mass is 231 g/mol. The van der Waals surface area contributed by atoms with Crippen LogP contribution in [0, 0.1) is 0 Å². The quantitative estimate of drug-likeness (QED) is 0.634. The van der Waals surface area contributed by atoms with Crippen LogP contribution in [0.3, 0.4) is 0 Å². The molecule has 0 saturated heterocycles. The summed E-state index contributed by atoms with van der Waals surface area (Å²) in [7, 11) is 0. The van der Waals surface area contributed by atoms with Crippen molar-refractivity contribution in [2.75, 3.05) is 6.54 Å². The number of benzene rings is 1. The van der Waals surface area contributed by atoms with Crippen molar-refractivity contribution in [3.05, 3.63) is 48.6 Å². The average Bonchev–Trinajstić information content (AvgIpc) is 2.37. The number of aryl methyl sites for hydroxylation is 1. The predicted octanol–water partition coefficient (Wildman–Crippen LogP) is 3.95. The van der Waals surface area contributed by atoms with Crippen LogP contribution < -0.4 is 5.32 Å². The summed E-state index contributed by atoms with van der Waals surface area (Å²) in [4.78, 5) is 0. The van der Waals surface area contributed by atoms with Crippen molar-refractivity contribution < 1.29 is 0 Å². The summed E-state index contributed by atoms with van der Waals surface area (Å²) in [5, 5.41) is 3.59. The third kappa shape index (κ3) is 6.28. The first-order valence-corrected chi connectivity index (χ1v) is 6.75. The number of hydrogen-bond donors (Lipinski definition) is 1. The summed E-state index contributed by atoms with van der Waals surface area (Å²) in [5.74, 6) is 0. The molecule has 0 radical (unpaired) electrons. The van der Waals surface area contributed by atoms with Crippen molar-refractivity contribution >= 4 is 0 Å². The third-order valence-electron chi connectivity index (χ3n) is 3.00. The molecule has 0 heterocycles. The van der Waals surface area contributed by atoms with Gasteiger partial charge in [-0.25, -0.2) is 0 Å². The van der Waals surface area contributed by atoms with Gasteiger partial charge >= 0.3 is 0 Å². The molecular weight excluding hydrogens is 206 g/mol. The SMILES string of the molecule is C=CCC(CCCc1ccccc1)NCCC. The van der Waals surface area contributed by atoms with E-state index in [4.69, 9.17) is 0 Å². The molecule has 0 amide bonds. The minimum atomic E-state index is 0.608. The molecule has 1 nitrogen and oxygen atoms in total. The lowest BCUT2D eigenvalue weighted by atomic mass is 10.0. The van der Waals surface area contributed by atoms with E-state index in [9.17, 15) is 0 Å². The first kappa shape index (κ1) is 14.0. The van der Waals surface area contributed by atoms with Gasteiger partial charge in [0.25, 0.3) is 0 Å². The highest BCUT2D eigenvalue weighted by atomic mass is 14.9. The van der Waals surface area contributed by atoms with Gasteiger partial charge in [-0.1, -0.05) is 43.3 Å². The molecule has 0 aliphatic rings. The molecule has 1 rings (SSSR count). The van der Waals surface area contributed by atoms with Gasteiger partial charge in [-0.05, 0) is 44.2 Å². The van der Waals surface area contributed by atoms with Gasteiger partial charge in [0.05, 0.1) is 0 Å². The fourth-order valence-corrected chi connectivity index (χ4v) is 2.05. The highest BCUT2D eigenvalue weighted by Crippen LogP contribution is 2.08. The van der Waals surface area contributed by atoms with E-state index in [1.54, 1.807) is 0 Å². The second-order valence-corrected chi connectivity index (χ2v) is 4.55. The number of hydrogen-bond acceptors (Lipinski definition) is 1. The lowest BCUT2D eigenvalue weighted by Crippen LogP contribution is -2.29. The first-order chi connectivity index (χ1) is 8.36. The Labute approximate surface area is 106 Å². The van der Waals surface area contributed by atoms with Gasteiger partial charge in [0.1, 0.15) is 0 Å². The molecule has 0 spiro atoms. The van der Waals surface area contributed by atoms with Crippen molar-refractivity contribution in [3.63, 3.8) is 0 Å². The van der Waals surface area contributed by atoms with Gasteiger partial charge in [-0.15, -0.1) is 6.58 Å². The summed E-state index contributed by atoms with van der Waals surface area (Å²) >= 11 is 0. The fourth-order valence-electron chi connectivity index (χ4n) is 2.05. The Bertz CT molecular complexity index is 292. The van der Waals surface area contributed by atoms with E-state index in [-0.39, 0.29) is 0 Å². The molecule has 0 aromatic heterocycles. The zero-order valence-corrected chi connectivity index (χ0v) is 11.0. The van der Waals surface area contributed by atoms with Gasteiger partial charge in [0, 0.05) is 6.04 Å². The summed E-state index contributed by atoms with van der Waals surface area (Å²) in [6.45, 7) is 7.16. The summed E-state index contributed by atoms with van der Waals surface area (Å²) in [6, 6.07) is 11.3. The standard InChI is InChI=1S/C16H25N/c1-3-9-16(17-14-4-2)13-8-12-15-10-6-5-7-11-15/h3,5-7,10-11,16-17H,1,4,8-9,12-14H2,2H3. The van der Waals surface area contributed by atoms with E-state index in [2.05, 4.69) is 49.2 Å². The summed E-state index contributed by atoms with van der Waals surface area (Å²) in [5.41, 5.74) is 1.44. The van der Waals surface area contributed by atoms with Crippen molar-refractivity contribution in [1.82, 2.24) is 5.32 Å². The lowest BCUT2D eigenvalue weighted by molar-refractivity contribution is 0.470. The predicted molar refractivity (Wildman–Crippen MR) is 76.3 cm³/mol. The van der Waals surface area contributed by atoms with Crippen LogP contribution in [-0.2, 0) is 6.42 Å². The molecule has 1 heteroatoms. The number of rotatable bonds is 9. The molecule has 1 aromatic carbocycles. The molecule has 0 fully saturated rings. The Kier molecular flexibility index (Phi) is 7.40. The molecule has 0 aliphatic carbocycles. The highest BCUT2D eigenvalue weighted by Gasteiger charge is 2.05. The Balaban J connectivity index is 2.24. The Morgan fingerprint density at radius 3 is 2.71 bits per heavy atom. The minimum Gasteiger partial charge on any atom is -0.314 e. The van der Waals surface area contributed by atoms with Crippen LogP contribution in [0.1, 0.15) is 38.2 Å². The van der Waals surface area contributed by atoms with Crippen LogP contribution in [0.25, 0.3) is 0 Å². The summed E-state index contributed by atoms with van der Waals surface area (Å²) < 4.78 is 0. The van der Waals surface area contributed by atoms with E-state index in [0.717, 1.165) is 13.0 Å². The Morgan fingerprint density at radius 2 is 2.06 bits per heavy atom. The van der Waals surface area contributed by atoms with Crippen molar-refractivity contribution in [2.24, 2.45) is 0 Å². The van der Waals surface area contributed by atoms with E-state index in [1.165, 1.54) is 31.2 Å². The van der Waals surface area contributed by atoms with Crippen LogP contribution in [-0.4, -0.2) is 12.6 Å². The maximum atomic E-state index is 3.83. The van der Waals surface area contributed by atoms with Gasteiger partial charge in [-0.2, -0.15) is 0 Å². The highest BCUT2D eigenvalue weighted by molar-refractivity contribution is 5.14. The van der Waals surface area contributed by atoms with Crippen LogP contribution in [0.5, 0.6) is 0 Å². The van der Waals surface area contributed by atoms with Crippen LogP contribution in [0.2, 0.25) is 0 Å². The smallest absolute Gasteiger partial charge is 0.0102 e. The largest absolute Gasteiger partial charge is 0.314 e. The second-order valence-electron chi connectivity index (χ2n) is 4.55. The molecule has 0 saturated carbocycles. The van der Waals surface area contributed by atoms with Crippen molar-refractivity contribution in [2.45, 2.75) is 45.1 Å². The first-order valence-electron chi connectivity index (χ1n) is 6.75. The number of nitrogens with one attached hydrogen (secondary N) is 1. The second kappa shape index (κ2) is 9.00. The minimum absolute atomic E-state index is 0.608. The van der Waals surface area contributed by atoms with Crippen molar-refractivity contribution in [1.29, 1.82) is 0 Å². The topological polar surface area (TPSA) is 12.0 Å². The molecule has 1 aromatic rings. The molecule has 1 atom stereocenters.